The summed E-state index contributed by atoms with van der Waals surface area (Å²) in [7, 11) is 0. The van der Waals surface area contributed by atoms with Crippen LogP contribution < -0.4 is 0 Å². The van der Waals surface area contributed by atoms with E-state index in [4.69, 9.17) is 10.2 Å². The summed E-state index contributed by atoms with van der Waals surface area (Å²) in [6.07, 6.45) is 2.97. The summed E-state index contributed by atoms with van der Waals surface area (Å²) in [6, 6.07) is 0. The van der Waals surface area contributed by atoms with Gasteiger partial charge in [-0.05, 0) is 25.7 Å². The fourth-order valence-corrected chi connectivity index (χ4v) is 1.28. The van der Waals surface area contributed by atoms with Crippen molar-refractivity contribution < 1.29 is 19.8 Å². The third-order valence-corrected chi connectivity index (χ3v) is 2.67. The molecule has 4 nitrogen and oxygen atoms in total. The number of hydrogen-bond acceptors (Lipinski definition) is 2. The summed E-state index contributed by atoms with van der Waals surface area (Å²) in [5.41, 5.74) is 0. The van der Waals surface area contributed by atoms with E-state index >= 15 is 0 Å². The summed E-state index contributed by atoms with van der Waals surface area (Å²) in [4.78, 5) is 20.3. The molecule has 2 radical (unpaired) electrons. The molecule has 17 heavy (non-hydrogen) atoms. The number of hydrogen-bond donors (Lipinski definition) is 2. The molecule has 0 amide bonds. The molecule has 0 saturated heterocycles. The van der Waals surface area contributed by atoms with Gasteiger partial charge in [-0.1, -0.05) is 27.7 Å². The van der Waals surface area contributed by atoms with E-state index in [1.165, 1.54) is 0 Å². The standard InChI is InChI=1S/2C6H12O2.Mg/c2*1-3-5(4-2)6(7)8;/h2*5H,3-4H2,1-2H3,(H,7,8);. The van der Waals surface area contributed by atoms with Crippen LogP contribution in [-0.2, 0) is 9.59 Å². The van der Waals surface area contributed by atoms with Gasteiger partial charge in [-0.2, -0.15) is 0 Å². The molecule has 0 aliphatic carbocycles. The second-order valence-corrected chi connectivity index (χ2v) is 3.70. The Hall–Kier alpha value is -0.294. The molecule has 0 aromatic rings. The number of carbonyl (C=O) groups is 2. The van der Waals surface area contributed by atoms with Gasteiger partial charge in [-0.15, -0.1) is 0 Å². The van der Waals surface area contributed by atoms with Crippen molar-refractivity contribution in [2.24, 2.45) is 11.8 Å². The predicted molar refractivity (Wildman–Crippen MR) is 69.2 cm³/mol. The molecule has 0 unspecified atom stereocenters. The van der Waals surface area contributed by atoms with Crippen LogP contribution in [0, 0.1) is 11.8 Å². The Morgan fingerprint density at radius 2 is 0.941 bits per heavy atom. The third-order valence-electron chi connectivity index (χ3n) is 2.67. The molecule has 0 saturated carbocycles. The highest BCUT2D eigenvalue weighted by atomic mass is 24.3. The minimum atomic E-state index is -0.671. The topological polar surface area (TPSA) is 74.6 Å². The van der Waals surface area contributed by atoms with Crippen LogP contribution in [0.4, 0.5) is 0 Å². The molecular weight excluding hydrogens is 232 g/mol. The lowest BCUT2D eigenvalue weighted by molar-refractivity contribution is -0.142. The maximum absolute atomic E-state index is 10.2. The van der Waals surface area contributed by atoms with E-state index in [2.05, 4.69) is 0 Å². The predicted octanol–water partition coefficient (Wildman–Crippen LogP) is 2.63. The second kappa shape index (κ2) is 13.8. The smallest absolute Gasteiger partial charge is 0.306 e. The maximum Gasteiger partial charge on any atom is 0.306 e. The van der Waals surface area contributed by atoms with Crippen molar-refractivity contribution in [3.05, 3.63) is 0 Å². The van der Waals surface area contributed by atoms with Crippen molar-refractivity contribution in [3.8, 4) is 0 Å². The van der Waals surface area contributed by atoms with E-state index in [0.29, 0.717) is 0 Å². The number of aliphatic carboxylic acids is 2. The zero-order valence-electron chi connectivity index (χ0n) is 11.4. The SMILES string of the molecule is CCC(CC)C(=O)O.CCC(CC)C(=O)O.[Mg]. The Labute approximate surface area is 120 Å². The van der Waals surface area contributed by atoms with Crippen LogP contribution in [0.15, 0.2) is 0 Å². The molecule has 2 N–H and O–H groups in total. The van der Waals surface area contributed by atoms with Crippen molar-refractivity contribution in [1.29, 1.82) is 0 Å². The number of carboxylic acid groups (broad SMARTS) is 2. The first-order valence-electron chi connectivity index (χ1n) is 5.89. The van der Waals surface area contributed by atoms with Gasteiger partial charge in [0.15, 0.2) is 0 Å². The van der Waals surface area contributed by atoms with Crippen LogP contribution >= 0.6 is 0 Å². The Balaban J connectivity index is -0.000000218. The largest absolute Gasteiger partial charge is 0.481 e. The summed E-state index contributed by atoms with van der Waals surface area (Å²) >= 11 is 0. The van der Waals surface area contributed by atoms with E-state index in [1.807, 2.05) is 27.7 Å². The second-order valence-electron chi connectivity index (χ2n) is 3.70. The highest BCUT2D eigenvalue weighted by Crippen LogP contribution is 2.06. The summed E-state index contributed by atoms with van der Waals surface area (Å²) in [5, 5.41) is 16.7. The van der Waals surface area contributed by atoms with E-state index < -0.39 is 11.9 Å². The van der Waals surface area contributed by atoms with Crippen LogP contribution in [-0.4, -0.2) is 45.2 Å². The maximum atomic E-state index is 10.2. The molecular formula is C12H24MgO4. The zero-order valence-corrected chi connectivity index (χ0v) is 12.8. The highest BCUT2D eigenvalue weighted by molar-refractivity contribution is 5.75. The fraction of sp³-hybridized carbons (Fsp3) is 0.833. The quantitative estimate of drug-likeness (QED) is 0.717. The van der Waals surface area contributed by atoms with Gasteiger partial charge in [-0.3, -0.25) is 9.59 Å². The van der Waals surface area contributed by atoms with E-state index in [1.54, 1.807) is 0 Å². The van der Waals surface area contributed by atoms with Crippen molar-refractivity contribution in [2.75, 3.05) is 0 Å². The molecule has 98 valence electrons. The minimum absolute atomic E-state index is 0. The van der Waals surface area contributed by atoms with Crippen LogP contribution in [0.3, 0.4) is 0 Å². The van der Waals surface area contributed by atoms with E-state index in [-0.39, 0.29) is 34.9 Å². The van der Waals surface area contributed by atoms with Gasteiger partial charge < -0.3 is 10.2 Å². The van der Waals surface area contributed by atoms with E-state index in [0.717, 1.165) is 25.7 Å². The van der Waals surface area contributed by atoms with Gasteiger partial charge in [-0.25, -0.2) is 0 Å². The van der Waals surface area contributed by atoms with E-state index in [9.17, 15) is 9.59 Å². The molecule has 0 aliphatic heterocycles. The van der Waals surface area contributed by atoms with Crippen molar-refractivity contribution in [2.45, 2.75) is 53.4 Å². The Morgan fingerprint density at radius 3 is 0.941 bits per heavy atom. The van der Waals surface area contributed by atoms with Crippen molar-refractivity contribution in [1.82, 2.24) is 0 Å². The zero-order chi connectivity index (χ0) is 13.1. The molecule has 0 rings (SSSR count). The number of carboxylic acids is 2. The van der Waals surface area contributed by atoms with Crippen LogP contribution in [0.25, 0.3) is 0 Å². The van der Waals surface area contributed by atoms with Crippen LogP contribution in [0.5, 0.6) is 0 Å². The monoisotopic (exact) mass is 256 g/mol. The van der Waals surface area contributed by atoms with Gasteiger partial charge in [0, 0.05) is 23.1 Å². The lowest BCUT2D eigenvalue weighted by atomic mass is 10.1. The first-order chi connectivity index (χ1) is 7.44. The molecule has 0 spiro atoms. The van der Waals surface area contributed by atoms with Crippen molar-refractivity contribution >= 4 is 35.0 Å². The summed E-state index contributed by atoms with van der Waals surface area (Å²) in [5.74, 6) is -1.60. The minimum Gasteiger partial charge on any atom is -0.481 e. The Bertz CT molecular complexity index is 177. The fourth-order valence-electron chi connectivity index (χ4n) is 1.28. The average Bonchev–Trinajstić information content (AvgIpc) is 2.21. The molecule has 0 aromatic carbocycles. The first kappa shape index (κ1) is 21.9. The van der Waals surface area contributed by atoms with Crippen LogP contribution in [0.2, 0.25) is 0 Å². The van der Waals surface area contributed by atoms with Gasteiger partial charge >= 0.3 is 11.9 Å². The molecule has 0 aromatic heterocycles. The normalized spacial score (nSPS) is 9.29. The third kappa shape index (κ3) is 12.0. The van der Waals surface area contributed by atoms with Crippen LogP contribution in [0.1, 0.15) is 53.4 Å². The van der Waals surface area contributed by atoms with Gasteiger partial charge in [0.05, 0.1) is 11.8 Å². The number of rotatable bonds is 6. The van der Waals surface area contributed by atoms with Gasteiger partial charge in [0.2, 0.25) is 0 Å². The molecule has 5 heteroatoms. The lowest BCUT2D eigenvalue weighted by Crippen LogP contribution is -2.10. The lowest BCUT2D eigenvalue weighted by Gasteiger charge is -2.02. The van der Waals surface area contributed by atoms with Gasteiger partial charge in [0.1, 0.15) is 0 Å². The average molecular weight is 257 g/mol. The molecule has 0 atom stereocenters. The molecule has 0 bridgehead atoms. The van der Waals surface area contributed by atoms with Gasteiger partial charge in [0.25, 0.3) is 0 Å². The Kier molecular flexibility index (Phi) is 17.8. The molecule has 0 heterocycles. The molecule has 0 fully saturated rings. The Morgan fingerprint density at radius 1 is 0.765 bits per heavy atom. The summed E-state index contributed by atoms with van der Waals surface area (Å²) in [6.45, 7) is 7.56. The van der Waals surface area contributed by atoms with Crippen molar-refractivity contribution in [3.63, 3.8) is 0 Å². The highest BCUT2D eigenvalue weighted by Gasteiger charge is 2.10. The summed E-state index contributed by atoms with van der Waals surface area (Å²) < 4.78 is 0. The first-order valence-corrected chi connectivity index (χ1v) is 5.89. The molecule has 0 aliphatic rings.